The first kappa shape index (κ1) is 19.2. The molecule has 1 aliphatic carbocycles. The van der Waals surface area contributed by atoms with Gasteiger partial charge in [-0.25, -0.2) is 0 Å². The Balaban J connectivity index is 0. The van der Waals surface area contributed by atoms with E-state index in [1.54, 1.807) is 0 Å². The molecular formula is C18H37NO. The normalized spacial score (nSPS) is 15.7. The molecule has 0 aromatic heterocycles. The lowest BCUT2D eigenvalue weighted by Crippen LogP contribution is -2.32. The van der Waals surface area contributed by atoms with Gasteiger partial charge in [0.2, 0.25) is 5.91 Å². The van der Waals surface area contributed by atoms with Gasteiger partial charge in [0.15, 0.2) is 0 Å². The third-order valence-corrected chi connectivity index (χ3v) is 3.84. The van der Waals surface area contributed by atoms with Crippen molar-refractivity contribution in [2.24, 2.45) is 0 Å². The highest BCUT2D eigenvalue weighted by atomic mass is 16.1. The second-order valence-corrected chi connectivity index (χ2v) is 5.82. The van der Waals surface area contributed by atoms with Crippen molar-refractivity contribution < 1.29 is 6.22 Å². The molecule has 0 saturated heterocycles. The van der Waals surface area contributed by atoms with E-state index in [1.807, 2.05) is 0 Å². The third kappa shape index (κ3) is 12.3. The van der Waals surface area contributed by atoms with Crippen LogP contribution in [0.2, 0.25) is 0 Å². The number of hydrogen-bond donors (Lipinski definition) is 1. The van der Waals surface area contributed by atoms with Gasteiger partial charge in [-0.05, 0) is 18.9 Å². The van der Waals surface area contributed by atoms with Gasteiger partial charge in [0.25, 0.3) is 0 Å². The van der Waals surface area contributed by atoms with Crippen LogP contribution in [0.1, 0.15) is 92.3 Å². The molecular weight excluding hydrogens is 246 g/mol. The van der Waals surface area contributed by atoms with Gasteiger partial charge >= 0.3 is 0 Å². The van der Waals surface area contributed by atoms with Crippen LogP contribution < -0.4 is 5.32 Å². The molecule has 0 atom stereocenters. The highest BCUT2D eigenvalue weighted by molar-refractivity contribution is 5.87. The highest BCUT2D eigenvalue weighted by Gasteiger charge is 2.12. The molecule has 1 rings (SSSR count). The molecule has 0 heterocycles. The summed E-state index contributed by atoms with van der Waals surface area (Å²) in [4.78, 5) is 11.0. The number of nitrogens with one attached hydrogen (secondary N) is 1. The van der Waals surface area contributed by atoms with Gasteiger partial charge < -0.3 is 5.32 Å². The van der Waals surface area contributed by atoms with Crippen molar-refractivity contribution in [2.75, 3.05) is 0 Å². The first-order valence-corrected chi connectivity index (χ1v) is 8.67. The van der Waals surface area contributed by atoms with Crippen LogP contribution in [0.4, 0.5) is 0 Å². The summed E-state index contributed by atoms with van der Waals surface area (Å²) >= 11 is 0. The van der Waals surface area contributed by atoms with Crippen LogP contribution in [0, 0.1) is 0 Å². The van der Waals surface area contributed by atoms with E-state index in [0.717, 1.165) is 12.8 Å². The van der Waals surface area contributed by atoms with Crippen molar-refractivity contribution in [1.29, 1.82) is 0 Å². The van der Waals surface area contributed by atoms with Crippen molar-refractivity contribution in [2.45, 2.75) is 96.9 Å². The van der Waals surface area contributed by atoms with E-state index in [2.05, 4.69) is 25.7 Å². The van der Waals surface area contributed by atoms with E-state index in [1.165, 1.54) is 70.3 Å². The third-order valence-electron chi connectivity index (χ3n) is 3.84. The first-order valence-electron chi connectivity index (χ1n) is 8.67. The van der Waals surface area contributed by atoms with Crippen molar-refractivity contribution in [3.63, 3.8) is 0 Å². The maximum absolute atomic E-state index is 11.0. The Labute approximate surface area is 127 Å². The maximum atomic E-state index is 11.0. The van der Waals surface area contributed by atoms with Gasteiger partial charge in [0.1, 0.15) is 0 Å². The Morgan fingerprint density at radius 1 is 1.05 bits per heavy atom. The summed E-state index contributed by atoms with van der Waals surface area (Å²) in [7, 11) is 0. The van der Waals surface area contributed by atoms with Gasteiger partial charge in [0, 0.05) is 7.47 Å². The Morgan fingerprint density at radius 2 is 1.55 bits per heavy atom. The smallest absolute Gasteiger partial charge is 0.243 e. The molecule has 0 aromatic rings. The molecule has 1 fully saturated rings. The van der Waals surface area contributed by atoms with Gasteiger partial charge in [-0.2, -0.15) is 0 Å². The van der Waals surface area contributed by atoms with E-state index in [-0.39, 0.29) is 7.33 Å². The summed E-state index contributed by atoms with van der Waals surface area (Å²) < 4.78 is 0. The summed E-state index contributed by atoms with van der Waals surface area (Å²) in [6.45, 7) is 7.95. The minimum absolute atomic E-state index is 0. The number of rotatable bonds is 7. The number of unbranched alkanes of at least 4 members (excludes halogenated alkanes) is 5. The lowest BCUT2D eigenvalue weighted by Gasteiger charge is -2.14. The molecule has 0 bridgehead atoms. The summed E-state index contributed by atoms with van der Waals surface area (Å²) in [5, 5.41) is 2.95. The SMILES string of the molecule is C=CC(=O)NC1CCCCCC1.CCCCCCCC.[HH]. The highest BCUT2D eigenvalue weighted by Crippen LogP contribution is 2.16. The molecule has 1 saturated carbocycles. The summed E-state index contributed by atoms with van der Waals surface area (Å²) in [5.74, 6) is -0.0260. The Kier molecular flexibility index (Phi) is 14.0. The van der Waals surface area contributed by atoms with Gasteiger partial charge in [-0.3, -0.25) is 4.79 Å². The summed E-state index contributed by atoms with van der Waals surface area (Å²) in [6.07, 6.45) is 17.3. The average molecular weight is 283 g/mol. The van der Waals surface area contributed by atoms with Crippen LogP contribution in [0.3, 0.4) is 0 Å². The van der Waals surface area contributed by atoms with E-state index in [0.29, 0.717) is 6.04 Å². The molecule has 0 aliphatic heterocycles. The van der Waals surface area contributed by atoms with E-state index >= 15 is 0 Å². The molecule has 0 spiro atoms. The molecule has 1 N–H and O–H groups in total. The van der Waals surface area contributed by atoms with Crippen LogP contribution in [0.15, 0.2) is 12.7 Å². The Bertz CT molecular complexity index is 229. The summed E-state index contributed by atoms with van der Waals surface area (Å²) in [5.41, 5.74) is 0. The lowest BCUT2D eigenvalue weighted by atomic mass is 10.1. The minimum Gasteiger partial charge on any atom is -0.350 e. The van der Waals surface area contributed by atoms with Crippen LogP contribution in [0.5, 0.6) is 0 Å². The van der Waals surface area contributed by atoms with Crippen molar-refractivity contribution in [3.8, 4) is 0 Å². The molecule has 2 nitrogen and oxygen atoms in total. The zero-order chi connectivity index (χ0) is 15.1. The number of carbonyl (C=O) groups is 1. The zero-order valence-electron chi connectivity index (χ0n) is 13.8. The lowest BCUT2D eigenvalue weighted by molar-refractivity contribution is -0.117. The molecule has 0 radical (unpaired) electrons. The summed E-state index contributed by atoms with van der Waals surface area (Å²) in [6, 6.07) is 0.401. The molecule has 20 heavy (non-hydrogen) atoms. The second kappa shape index (κ2) is 14.6. The van der Waals surface area contributed by atoms with Gasteiger partial charge in [-0.1, -0.05) is 84.6 Å². The second-order valence-electron chi connectivity index (χ2n) is 5.82. The molecule has 120 valence electrons. The number of carbonyl (C=O) groups excluding carboxylic acids is 1. The fourth-order valence-corrected chi connectivity index (χ4v) is 2.54. The Morgan fingerprint density at radius 3 is 1.95 bits per heavy atom. The monoisotopic (exact) mass is 283 g/mol. The first-order chi connectivity index (χ1) is 9.74. The fourth-order valence-electron chi connectivity index (χ4n) is 2.54. The minimum atomic E-state index is -0.0260. The van der Waals surface area contributed by atoms with Crippen molar-refractivity contribution in [3.05, 3.63) is 12.7 Å². The van der Waals surface area contributed by atoms with Crippen molar-refractivity contribution >= 4 is 5.91 Å². The van der Waals surface area contributed by atoms with Crippen LogP contribution in [-0.4, -0.2) is 11.9 Å². The number of hydrogen-bond acceptors (Lipinski definition) is 1. The molecule has 0 unspecified atom stereocenters. The Hall–Kier alpha value is -0.790. The quantitative estimate of drug-likeness (QED) is 0.366. The van der Waals surface area contributed by atoms with E-state index in [4.69, 9.17) is 0 Å². The van der Waals surface area contributed by atoms with Gasteiger partial charge in [-0.15, -0.1) is 0 Å². The predicted molar refractivity (Wildman–Crippen MR) is 91.0 cm³/mol. The molecule has 1 amide bonds. The average Bonchev–Trinajstić information content (AvgIpc) is 2.73. The standard InChI is InChI=1S/C10H17NO.C8H18.H2/c1-2-10(12)11-9-7-5-3-4-6-8-9;1-3-5-7-8-6-4-2;/h2,9H,1,3-8H2,(H,11,12);3-8H2,1-2H3;1H. The molecule has 0 aromatic carbocycles. The van der Waals surface area contributed by atoms with Crippen LogP contribution >= 0.6 is 0 Å². The zero-order valence-corrected chi connectivity index (χ0v) is 13.8. The van der Waals surface area contributed by atoms with Crippen molar-refractivity contribution in [1.82, 2.24) is 5.32 Å². The largest absolute Gasteiger partial charge is 0.350 e. The predicted octanol–water partition coefficient (Wildman–Crippen LogP) is 5.62. The molecule has 2 heteroatoms. The fraction of sp³-hybridized carbons (Fsp3) is 0.833. The van der Waals surface area contributed by atoms with E-state index < -0.39 is 0 Å². The number of amides is 1. The topological polar surface area (TPSA) is 29.1 Å². The maximum Gasteiger partial charge on any atom is 0.243 e. The van der Waals surface area contributed by atoms with Crippen LogP contribution in [0.25, 0.3) is 0 Å². The molecule has 1 aliphatic rings. The van der Waals surface area contributed by atoms with Crippen LogP contribution in [-0.2, 0) is 4.79 Å². The van der Waals surface area contributed by atoms with Gasteiger partial charge in [0.05, 0.1) is 0 Å². The van der Waals surface area contributed by atoms with E-state index in [9.17, 15) is 4.79 Å².